The zero-order valence-electron chi connectivity index (χ0n) is 14.1. The number of fused-ring (bicyclic) bond motifs is 3. The summed E-state index contributed by atoms with van der Waals surface area (Å²) >= 11 is 0. The lowest BCUT2D eigenvalue weighted by Gasteiger charge is -2.42. The fourth-order valence-electron chi connectivity index (χ4n) is 4.89. The van der Waals surface area contributed by atoms with E-state index in [0.717, 1.165) is 42.6 Å². The Labute approximate surface area is 145 Å². The molecule has 128 valence electrons. The highest BCUT2D eigenvalue weighted by Crippen LogP contribution is 2.60. The summed E-state index contributed by atoms with van der Waals surface area (Å²) in [6, 6.07) is 6.38. The molecule has 2 aromatic rings. The number of aromatic nitrogens is 2. The van der Waals surface area contributed by atoms with E-state index >= 15 is 0 Å². The zero-order valence-corrected chi connectivity index (χ0v) is 14.1. The quantitative estimate of drug-likeness (QED) is 0.742. The second-order valence-corrected chi connectivity index (χ2v) is 7.59. The molecule has 0 unspecified atom stereocenters. The van der Waals surface area contributed by atoms with Crippen molar-refractivity contribution in [3.8, 4) is 5.69 Å². The Hall–Kier alpha value is -2.43. The number of esters is 1. The highest BCUT2D eigenvalue weighted by Gasteiger charge is 2.60. The molecule has 1 saturated carbocycles. The van der Waals surface area contributed by atoms with Gasteiger partial charge < -0.3 is 4.74 Å². The van der Waals surface area contributed by atoms with Crippen LogP contribution in [-0.2, 0) is 16.0 Å². The predicted octanol–water partition coefficient (Wildman–Crippen LogP) is 3.83. The molecule has 4 nitrogen and oxygen atoms in total. The summed E-state index contributed by atoms with van der Waals surface area (Å²) in [5.41, 5.74) is 3.89. The van der Waals surface area contributed by atoms with Gasteiger partial charge in [0, 0.05) is 11.8 Å². The van der Waals surface area contributed by atoms with Crippen LogP contribution in [0.1, 0.15) is 43.9 Å². The van der Waals surface area contributed by atoms with Crippen molar-refractivity contribution in [1.29, 1.82) is 0 Å². The van der Waals surface area contributed by atoms with Gasteiger partial charge in [0.1, 0.15) is 11.4 Å². The third-order valence-corrected chi connectivity index (χ3v) is 6.37. The Morgan fingerprint density at radius 2 is 1.96 bits per heavy atom. The van der Waals surface area contributed by atoms with Gasteiger partial charge in [-0.3, -0.25) is 4.79 Å². The zero-order chi connectivity index (χ0) is 17.2. The number of ether oxygens (including phenoxy) is 1. The monoisotopic (exact) mass is 338 g/mol. The molecule has 1 aromatic carbocycles. The lowest BCUT2D eigenvalue weighted by atomic mass is 9.66. The average molecular weight is 338 g/mol. The van der Waals surface area contributed by atoms with Crippen molar-refractivity contribution in [3.05, 3.63) is 53.1 Å². The average Bonchev–Trinajstić information content (AvgIpc) is 3.24. The van der Waals surface area contributed by atoms with Crippen LogP contribution in [0.3, 0.4) is 0 Å². The molecular formula is C20H19FN2O2. The van der Waals surface area contributed by atoms with E-state index in [4.69, 9.17) is 4.74 Å². The van der Waals surface area contributed by atoms with Gasteiger partial charge in [0.15, 0.2) is 0 Å². The van der Waals surface area contributed by atoms with E-state index in [1.54, 1.807) is 12.1 Å². The summed E-state index contributed by atoms with van der Waals surface area (Å²) in [6.07, 6.45) is 8.08. The van der Waals surface area contributed by atoms with Gasteiger partial charge in [0.05, 0.1) is 17.6 Å². The first kappa shape index (κ1) is 14.9. The fraction of sp³-hybridized carbons (Fsp3) is 0.400. The Morgan fingerprint density at radius 1 is 1.20 bits per heavy atom. The van der Waals surface area contributed by atoms with Gasteiger partial charge in [-0.1, -0.05) is 12.5 Å². The molecule has 1 aliphatic heterocycles. The van der Waals surface area contributed by atoms with Crippen LogP contribution >= 0.6 is 0 Å². The molecule has 1 spiro atoms. The minimum atomic E-state index is -0.356. The first-order valence-electron chi connectivity index (χ1n) is 8.77. The van der Waals surface area contributed by atoms with E-state index in [9.17, 15) is 9.18 Å². The Morgan fingerprint density at radius 3 is 2.68 bits per heavy atom. The molecule has 2 heterocycles. The van der Waals surface area contributed by atoms with Crippen molar-refractivity contribution in [2.45, 2.75) is 44.6 Å². The predicted molar refractivity (Wildman–Crippen MR) is 90.6 cm³/mol. The van der Waals surface area contributed by atoms with Gasteiger partial charge in [-0.05, 0) is 61.6 Å². The number of nitrogens with zero attached hydrogens (tertiary/aromatic N) is 2. The minimum absolute atomic E-state index is 0.0738. The summed E-state index contributed by atoms with van der Waals surface area (Å²) in [6.45, 7) is 2.22. The molecule has 25 heavy (non-hydrogen) atoms. The maximum atomic E-state index is 13.2. The summed E-state index contributed by atoms with van der Waals surface area (Å²) in [4.78, 5) is 11.8. The van der Waals surface area contributed by atoms with Gasteiger partial charge in [0.2, 0.25) is 0 Å². The molecule has 0 radical (unpaired) electrons. The number of carbonyl (C=O) groups is 1. The fourth-order valence-corrected chi connectivity index (χ4v) is 4.89. The number of carbonyl (C=O) groups excluding carboxylic acids is 1. The van der Waals surface area contributed by atoms with E-state index in [1.165, 1.54) is 17.7 Å². The maximum Gasteiger partial charge on any atom is 0.306 e. The third kappa shape index (κ3) is 1.92. The van der Waals surface area contributed by atoms with Crippen LogP contribution in [0, 0.1) is 11.2 Å². The molecule has 1 aromatic heterocycles. The SMILES string of the molecule is C[C@]12Cc3cnn(-c4ccc(F)cc4)c3C=C1CC[C@@]21CCC(=O)O1. The Bertz CT molecular complexity index is 914. The van der Waals surface area contributed by atoms with E-state index in [1.807, 2.05) is 10.9 Å². The first-order valence-corrected chi connectivity index (χ1v) is 8.77. The Kier molecular flexibility index (Phi) is 2.86. The Balaban J connectivity index is 1.59. The van der Waals surface area contributed by atoms with Gasteiger partial charge in [-0.2, -0.15) is 5.10 Å². The van der Waals surface area contributed by atoms with E-state index in [2.05, 4.69) is 18.1 Å². The summed E-state index contributed by atoms with van der Waals surface area (Å²) in [5, 5.41) is 4.53. The van der Waals surface area contributed by atoms with Crippen LogP contribution in [0.15, 0.2) is 36.0 Å². The minimum Gasteiger partial charge on any atom is -0.458 e. The number of hydrogen-bond acceptors (Lipinski definition) is 3. The van der Waals surface area contributed by atoms with Crippen LogP contribution in [0.2, 0.25) is 0 Å². The van der Waals surface area contributed by atoms with Crippen LogP contribution in [0.4, 0.5) is 4.39 Å². The smallest absolute Gasteiger partial charge is 0.306 e. The van der Waals surface area contributed by atoms with E-state index in [-0.39, 0.29) is 22.8 Å². The third-order valence-electron chi connectivity index (χ3n) is 6.37. The highest BCUT2D eigenvalue weighted by atomic mass is 19.1. The summed E-state index contributed by atoms with van der Waals surface area (Å²) in [5.74, 6) is -0.327. The van der Waals surface area contributed by atoms with Crippen molar-refractivity contribution >= 4 is 12.0 Å². The lowest BCUT2D eigenvalue weighted by molar-refractivity contribution is -0.155. The molecule has 1 saturated heterocycles. The molecule has 5 heteroatoms. The van der Waals surface area contributed by atoms with Crippen molar-refractivity contribution in [1.82, 2.24) is 9.78 Å². The summed E-state index contributed by atoms with van der Waals surface area (Å²) in [7, 11) is 0. The van der Waals surface area contributed by atoms with Gasteiger partial charge in [-0.25, -0.2) is 9.07 Å². The molecule has 2 fully saturated rings. The standard InChI is InChI=1S/C20H19FN2O2/c1-19-11-13-12-22-23(16-4-2-15(21)3-5-16)17(13)10-14(19)6-8-20(19)9-7-18(24)25-20/h2-5,10,12H,6-9,11H2,1H3/t19-,20+/m0/s1. The van der Waals surface area contributed by atoms with Crippen molar-refractivity contribution in [2.75, 3.05) is 0 Å². The largest absolute Gasteiger partial charge is 0.458 e. The molecule has 0 bridgehead atoms. The van der Waals surface area contributed by atoms with E-state index < -0.39 is 0 Å². The van der Waals surface area contributed by atoms with Gasteiger partial charge in [0.25, 0.3) is 0 Å². The lowest BCUT2D eigenvalue weighted by Crippen LogP contribution is -2.45. The summed E-state index contributed by atoms with van der Waals surface area (Å²) < 4.78 is 20.9. The number of rotatable bonds is 1. The van der Waals surface area contributed by atoms with Crippen LogP contribution in [-0.4, -0.2) is 21.4 Å². The molecule has 2 aliphatic carbocycles. The second kappa shape index (κ2) is 4.81. The molecule has 5 rings (SSSR count). The molecule has 0 amide bonds. The van der Waals surface area contributed by atoms with E-state index in [0.29, 0.717) is 6.42 Å². The topological polar surface area (TPSA) is 44.1 Å². The van der Waals surface area contributed by atoms with Crippen LogP contribution < -0.4 is 0 Å². The van der Waals surface area contributed by atoms with Crippen molar-refractivity contribution in [2.24, 2.45) is 5.41 Å². The van der Waals surface area contributed by atoms with Crippen molar-refractivity contribution < 1.29 is 13.9 Å². The molecule has 2 atom stereocenters. The molecular weight excluding hydrogens is 319 g/mol. The molecule has 0 N–H and O–H groups in total. The number of hydrogen-bond donors (Lipinski definition) is 0. The second-order valence-electron chi connectivity index (χ2n) is 7.59. The van der Waals surface area contributed by atoms with Crippen LogP contribution in [0.25, 0.3) is 11.8 Å². The molecule has 3 aliphatic rings. The number of halogens is 1. The first-order chi connectivity index (χ1) is 12.0. The number of benzene rings is 1. The highest BCUT2D eigenvalue weighted by molar-refractivity contribution is 5.74. The maximum absolute atomic E-state index is 13.2. The van der Waals surface area contributed by atoms with Crippen molar-refractivity contribution in [3.63, 3.8) is 0 Å². The van der Waals surface area contributed by atoms with Crippen LogP contribution in [0.5, 0.6) is 0 Å². The van der Waals surface area contributed by atoms with Gasteiger partial charge in [-0.15, -0.1) is 0 Å². The normalized spacial score (nSPS) is 30.2. The van der Waals surface area contributed by atoms with Gasteiger partial charge >= 0.3 is 5.97 Å².